The van der Waals surface area contributed by atoms with Crippen molar-refractivity contribution >= 4 is 39.9 Å². The van der Waals surface area contributed by atoms with Crippen molar-refractivity contribution in [3.63, 3.8) is 0 Å². The first-order chi connectivity index (χ1) is 16.3. The molecule has 4 rings (SSSR count). The first kappa shape index (κ1) is 23.1. The molecule has 0 aliphatic rings. The van der Waals surface area contributed by atoms with E-state index >= 15 is 0 Å². The minimum absolute atomic E-state index is 0.205. The lowest BCUT2D eigenvalue weighted by Gasteiger charge is -2.16. The molecule has 1 N–H and O–H groups in total. The second-order valence-electron chi connectivity index (χ2n) is 7.53. The fourth-order valence-electron chi connectivity index (χ4n) is 3.48. The van der Waals surface area contributed by atoms with E-state index in [0.29, 0.717) is 21.7 Å². The number of para-hydroxylation sites is 1. The number of nitro groups is 1. The Labute approximate surface area is 197 Å². The van der Waals surface area contributed by atoms with Gasteiger partial charge in [0.1, 0.15) is 11.5 Å². The number of halogens is 1. The van der Waals surface area contributed by atoms with Crippen LogP contribution in [0, 0.1) is 29.8 Å². The van der Waals surface area contributed by atoms with Crippen LogP contribution in [0.5, 0.6) is 0 Å². The first-order valence-corrected chi connectivity index (χ1v) is 11.2. The summed E-state index contributed by atoms with van der Waals surface area (Å²) in [6.45, 7) is 3.83. The Morgan fingerprint density at radius 2 is 1.91 bits per heavy atom. The number of amides is 1. The minimum atomic E-state index is -0.714. The highest BCUT2D eigenvalue weighted by Crippen LogP contribution is 2.27. The molecule has 0 fully saturated rings. The average Bonchev–Trinajstić information content (AvgIpc) is 2.80. The Bertz CT molecular complexity index is 1500. The third kappa shape index (κ3) is 4.53. The van der Waals surface area contributed by atoms with Crippen LogP contribution in [-0.2, 0) is 4.79 Å². The Morgan fingerprint density at radius 3 is 2.68 bits per heavy atom. The summed E-state index contributed by atoms with van der Waals surface area (Å²) in [4.78, 5) is 41.1. The number of carbonyl (C=O) groups is 1. The minimum Gasteiger partial charge on any atom is -0.320 e. The number of hydrogen-bond donors (Lipinski definition) is 1. The van der Waals surface area contributed by atoms with Crippen molar-refractivity contribution in [2.45, 2.75) is 19.0 Å². The van der Waals surface area contributed by atoms with Gasteiger partial charge in [0, 0.05) is 12.1 Å². The van der Waals surface area contributed by atoms with Crippen LogP contribution in [0.2, 0.25) is 0 Å². The summed E-state index contributed by atoms with van der Waals surface area (Å²) in [5, 5.41) is 14.3. The molecule has 0 saturated carbocycles. The third-order valence-corrected chi connectivity index (χ3v) is 6.26. The quantitative estimate of drug-likeness (QED) is 0.185. The number of fused-ring (bicyclic) bond motifs is 1. The summed E-state index contributed by atoms with van der Waals surface area (Å²) >= 11 is 1.01. The average molecular weight is 479 g/mol. The molecule has 3 aromatic carbocycles. The highest BCUT2D eigenvalue weighted by atomic mass is 32.2. The van der Waals surface area contributed by atoms with Crippen molar-refractivity contribution in [3.05, 3.63) is 98.1 Å². The molecule has 0 unspecified atom stereocenters. The molecular formula is C24H19FN4O4S. The zero-order valence-electron chi connectivity index (χ0n) is 18.2. The summed E-state index contributed by atoms with van der Waals surface area (Å²) < 4.78 is 15.1. The first-order valence-electron chi connectivity index (χ1n) is 10.2. The van der Waals surface area contributed by atoms with Gasteiger partial charge in [0.25, 0.3) is 11.2 Å². The Balaban J connectivity index is 1.71. The Hall–Kier alpha value is -4.05. The van der Waals surface area contributed by atoms with Gasteiger partial charge >= 0.3 is 0 Å². The number of anilines is 1. The molecule has 0 atom stereocenters. The van der Waals surface area contributed by atoms with Crippen LogP contribution in [-0.4, -0.2) is 26.1 Å². The zero-order chi connectivity index (χ0) is 24.4. The molecular weight excluding hydrogens is 459 g/mol. The van der Waals surface area contributed by atoms with Gasteiger partial charge in [-0.1, -0.05) is 36.0 Å². The smallest absolute Gasteiger partial charge is 0.292 e. The molecule has 1 heterocycles. The van der Waals surface area contributed by atoms with Crippen molar-refractivity contribution in [3.8, 4) is 5.69 Å². The molecule has 1 aromatic heterocycles. The van der Waals surface area contributed by atoms with E-state index in [0.717, 1.165) is 41.1 Å². The largest absolute Gasteiger partial charge is 0.320 e. The van der Waals surface area contributed by atoms with Crippen LogP contribution in [0.4, 0.5) is 15.8 Å². The van der Waals surface area contributed by atoms with Crippen molar-refractivity contribution in [1.82, 2.24) is 9.55 Å². The van der Waals surface area contributed by atoms with Gasteiger partial charge in [-0.15, -0.1) is 0 Å². The molecule has 0 aliphatic heterocycles. The lowest BCUT2D eigenvalue weighted by atomic mass is 10.1. The standard InChI is InChI=1S/C24H19FN4O4S/c1-14-6-5-9-20(15(14)2)28-23(31)17-7-3-4-8-18(17)27-24(28)34-13-22(30)26-19-12-16(25)10-11-21(19)29(32)33/h3-12H,13H2,1-2H3,(H,26,30). The third-order valence-electron chi connectivity index (χ3n) is 5.32. The highest BCUT2D eigenvalue weighted by Gasteiger charge is 2.19. The predicted molar refractivity (Wildman–Crippen MR) is 129 cm³/mol. The van der Waals surface area contributed by atoms with Gasteiger partial charge in [-0.2, -0.15) is 0 Å². The fourth-order valence-corrected chi connectivity index (χ4v) is 4.29. The van der Waals surface area contributed by atoms with Gasteiger partial charge in [0.15, 0.2) is 5.16 Å². The topological polar surface area (TPSA) is 107 Å². The molecule has 0 saturated heterocycles. The molecule has 1 amide bonds. The number of hydrogen-bond acceptors (Lipinski definition) is 6. The van der Waals surface area contributed by atoms with Crippen LogP contribution in [0.15, 0.2) is 70.6 Å². The van der Waals surface area contributed by atoms with Crippen molar-refractivity contribution < 1.29 is 14.1 Å². The summed E-state index contributed by atoms with van der Waals surface area (Å²) in [6.07, 6.45) is 0. The maximum atomic E-state index is 13.6. The summed E-state index contributed by atoms with van der Waals surface area (Å²) in [5.74, 6) is -1.52. The lowest BCUT2D eigenvalue weighted by Crippen LogP contribution is -2.23. The molecule has 8 nitrogen and oxygen atoms in total. The number of thioether (sulfide) groups is 1. The molecule has 172 valence electrons. The van der Waals surface area contributed by atoms with Gasteiger partial charge in [0.2, 0.25) is 5.91 Å². The van der Waals surface area contributed by atoms with Crippen LogP contribution < -0.4 is 10.9 Å². The van der Waals surface area contributed by atoms with Gasteiger partial charge < -0.3 is 5.32 Å². The maximum absolute atomic E-state index is 13.6. The molecule has 0 spiro atoms. The van der Waals surface area contributed by atoms with Gasteiger partial charge in [0.05, 0.1) is 27.3 Å². The number of nitrogens with one attached hydrogen (secondary N) is 1. The predicted octanol–water partition coefficient (Wildman–Crippen LogP) is 4.78. The van der Waals surface area contributed by atoms with Gasteiger partial charge in [-0.3, -0.25) is 24.3 Å². The number of aryl methyl sites for hydroxylation is 1. The molecule has 0 radical (unpaired) electrons. The van der Waals surface area contributed by atoms with E-state index in [9.17, 15) is 24.1 Å². The van der Waals surface area contributed by atoms with E-state index in [2.05, 4.69) is 10.3 Å². The number of benzene rings is 3. The van der Waals surface area contributed by atoms with E-state index < -0.39 is 22.3 Å². The number of carbonyl (C=O) groups excluding carboxylic acids is 1. The van der Waals surface area contributed by atoms with Crippen LogP contribution in [0.3, 0.4) is 0 Å². The summed E-state index contributed by atoms with van der Waals surface area (Å²) in [7, 11) is 0. The van der Waals surface area contributed by atoms with Crippen molar-refractivity contribution in [2.24, 2.45) is 0 Å². The maximum Gasteiger partial charge on any atom is 0.292 e. The van der Waals surface area contributed by atoms with Crippen LogP contribution in [0.25, 0.3) is 16.6 Å². The normalized spacial score (nSPS) is 10.9. The summed E-state index contributed by atoms with van der Waals surface area (Å²) in [5.41, 5.74) is 2.07. The molecule has 10 heteroatoms. The lowest BCUT2D eigenvalue weighted by molar-refractivity contribution is -0.384. The summed E-state index contributed by atoms with van der Waals surface area (Å²) in [6, 6.07) is 15.3. The number of aromatic nitrogens is 2. The Morgan fingerprint density at radius 1 is 1.15 bits per heavy atom. The van der Waals surface area contributed by atoms with E-state index in [-0.39, 0.29) is 17.0 Å². The van der Waals surface area contributed by atoms with E-state index in [1.807, 2.05) is 26.0 Å². The number of rotatable bonds is 6. The molecule has 0 bridgehead atoms. The Kier molecular flexibility index (Phi) is 6.42. The second-order valence-corrected chi connectivity index (χ2v) is 8.47. The van der Waals surface area contributed by atoms with Crippen LogP contribution >= 0.6 is 11.8 Å². The van der Waals surface area contributed by atoms with Crippen LogP contribution in [0.1, 0.15) is 11.1 Å². The zero-order valence-corrected chi connectivity index (χ0v) is 19.1. The fraction of sp³-hybridized carbons (Fsp3) is 0.125. The molecule has 34 heavy (non-hydrogen) atoms. The van der Waals surface area contributed by atoms with Gasteiger partial charge in [-0.05, 0) is 49.2 Å². The number of nitro benzene ring substituents is 1. The van der Waals surface area contributed by atoms with E-state index in [1.165, 1.54) is 4.57 Å². The monoisotopic (exact) mass is 478 g/mol. The van der Waals surface area contributed by atoms with Gasteiger partial charge in [-0.25, -0.2) is 9.37 Å². The highest BCUT2D eigenvalue weighted by molar-refractivity contribution is 7.99. The van der Waals surface area contributed by atoms with Crippen molar-refractivity contribution in [1.29, 1.82) is 0 Å². The molecule has 0 aliphatic carbocycles. The second kappa shape index (κ2) is 9.44. The van der Waals surface area contributed by atoms with E-state index in [4.69, 9.17) is 0 Å². The van der Waals surface area contributed by atoms with Crippen molar-refractivity contribution in [2.75, 3.05) is 11.1 Å². The SMILES string of the molecule is Cc1cccc(-n2c(SCC(=O)Nc3cc(F)ccc3[N+](=O)[O-])nc3ccccc3c2=O)c1C. The van der Waals surface area contributed by atoms with E-state index in [1.54, 1.807) is 30.3 Å². The molecule has 4 aromatic rings. The number of nitrogens with zero attached hydrogens (tertiary/aromatic N) is 3.